The summed E-state index contributed by atoms with van der Waals surface area (Å²) in [5.41, 5.74) is 14.0. The van der Waals surface area contributed by atoms with Crippen molar-refractivity contribution in [3.63, 3.8) is 0 Å². The van der Waals surface area contributed by atoms with Gasteiger partial charge in [-0.15, -0.1) is 0 Å². The lowest BCUT2D eigenvalue weighted by molar-refractivity contribution is 0.0689. The van der Waals surface area contributed by atoms with E-state index >= 15 is 0 Å². The summed E-state index contributed by atoms with van der Waals surface area (Å²) < 4.78 is 47.6. The average molecular weight is 1270 g/mol. The molecule has 0 saturated heterocycles. The maximum Gasteiger partial charge on any atom is 0.335 e. The summed E-state index contributed by atoms with van der Waals surface area (Å²) in [5.74, 6) is 4.61. The molecule has 15 nitrogen and oxygen atoms in total. The van der Waals surface area contributed by atoms with Crippen LogP contribution in [0.2, 0.25) is 0 Å². The number of carbonyl (C=O) groups excluding carboxylic acids is 1. The molecule has 15 heteroatoms. The molecule has 0 saturated carbocycles. The monoisotopic (exact) mass is 1270 g/mol. The molecule has 0 bridgehead atoms. The third kappa shape index (κ3) is 17.9. The maximum absolute atomic E-state index is 13.9. The Labute approximate surface area is 555 Å². The van der Waals surface area contributed by atoms with Crippen LogP contribution in [0.3, 0.4) is 0 Å². The van der Waals surface area contributed by atoms with Crippen LogP contribution in [0.4, 0.5) is 0 Å². The van der Waals surface area contributed by atoms with Crippen LogP contribution < -0.4 is 43.2 Å². The Morgan fingerprint density at radius 2 is 0.842 bits per heavy atom. The minimum absolute atomic E-state index is 0.0565. The number of methoxy groups -OCH3 is 4. The molecule has 2 aliphatic rings. The van der Waals surface area contributed by atoms with Gasteiger partial charge in [0, 0.05) is 43.4 Å². The number of aryl methyl sites for hydroxylation is 2. The van der Waals surface area contributed by atoms with Gasteiger partial charge in [-0.05, 0) is 166 Å². The van der Waals surface area contributed by atoms with Gasteiger partial charge in [-0.3, -0.25) is 14.8 Å². The fourth-order valence-electron chi connectivity index (χ4n) is 11.2. The van der Waals surface area contributed by atoms with E-state index in [4.69, 9.17) is 43.0 Å². The van der Waals surface area contributed by atoms with Crippen LogP contribution in [-0.4, -0.2) is 73.4 Å². The standard InChI is InChI=1S/C40H38N2O5.C34H35NO4.C6H5NO2/c1-28-22-36(44-2)38(46-26-29-10-6-4-7-11-29)23-32(28)14-15-35-34-25-37(45-3)39(47-27-30-12-8-5-9-13-30)24-33(34)18-21-42(35)40(43)31-16-19-41-20-17-31;1-24-18-31(36-2)33(38-22-25-10-6-4-7-11-25)19-27(24)14-15-30-29-21-32(37-3)34(20-28(29)16-17-35-30)39-23-26-12-8-5-9-13-26;8-6(9)5-1-3-7-4-2-5/h4-17,19-20,22-25,35H,18,21,26-27H2,1-3H3;4-15,18-21,30,35H,16-17,22-23H2,1-3H3;1-4H,(H,8,9)/b2*15-14+;. The van der Waals surface area contributed by atoms with Crippen molar-refractivity contribution in [2.75, 3.05) is 41.5 Å². The Balaban J connectivity index is 0.000000185. The molecule has 2 aliphatic heterocycles. The van der Waals surface area contributed by atoms with Gasteiger partial charge < -0.3 is 53.2 Å². The van der Waals surface area contributed by atoms with Crippen molar-refractivity contribution in [1.82, 2.24) is 20.2 Å². The number of nitrogens with zero attached hydrogens (tertiary/aromatic N) is 3. The number of hydrogen-bond donors (Lipinski definition) is 2. The molecular weight excluding hydrogens is 1190 g/mol. The first-order chi connectivity index (χ1) is 46.5. The second-order valence-corrected chi connectivity index (χ2v) is 22.6. The lowest BCUT2D eigenvalue weighted by atomic mass is 9.90. The molecule has 2 N–H and O–H groups in total. The minimum Gasteiger partial charge on any atom is -0.493 e. The normalized spacial score (nSPS) is 13.8. The van der Waals surface area contributed by atoms with Crippen molar-refractivity contribution in [2.24, 2.45) is 0 Å². The van der Waals surface area contributed by atoms with Crippen molar-refractivity contribution >= 4 is 24.0 Å². The number of ether oxygens (including phenoxy) is 8. The molecule has 2 unspecified atom stereocenters. The van der Waals surface area contributed by atoms with Crippen LogP contribution in [0.25, 0.3) is 12.2 Å². The predicted molar refractivity (Wildman–Crippen MR) is 370 cm³/mol. The predicted octanol–water partition coefficient (Wildman–Crippen LogP) is 15.9. The molecule has 1 amide bonds. The van der Waals surface area contributed by atoms with Crippen LogP contribution >= 0.6 is 0 Å². The Hall–Kier alpha value is -11.2. The highest BCUT2D eigenvalue weighted by Crippen LogP contribution is 2.42. The number of rotatable bonds is 22. The van der Waals surface area contributed by atoms with Crippen molar-refractivity contribution < 1.29 is 52.6 Å². The molecule has 2 aromatic heterocycles. The molecule has 0 fully saturated rings. The highest BCUT2D eigenvalue weighted by atomic mass is 16.5. The van der Waals surface area contributed by atoms with E-state index in [9.17, 15) is 9.59 Å². The highest BCUT2D eigenvalue weighted by Gasteiger charge is 2.32. The minimum atomic E-state index is -0.919. The summed E-state index contributed by atoms with van der Waals surface area (Å²) in [6.07, 6.45) is 16.3. The van der Waals surface area contributed by atoms with Crippen molar-refractivity contribution in [2.45, 2.75) is 65.2 Å². The fourth-order valence-corrected chi connectivity index (χ4v) is 11.2. The molecule has 0 radical (unpaired) electrons. The zero-order valence-electron chi connectivity index (χ0n) is 54.3. The van der Waals surface area contributed by atoms with Crippen molar-refractivity contribution in [1.29, 1.82) is 0 Å². The molecule has 0 aliphatic carbocycles. The molecule has 12 rings (SSSR count). The van der Waals surface area contributed by atoms with E-state index < -0.39 is 5.97 Å². The smallest absolute Gasteiger partial charge is 0.335 e. The van der Waals surface area contributed by atoms with Gasteiger partial charge >= 0.3 is 5.97 Å². The van der Waals surface area contributed by atoms with E-state index in [1.807, 2.05) is 133 Å². The second kappa shape index (κ2) is 33.4. The SMILES string of the molecule is COc1cc(C)c(/C=C/C2NCCc3cc(OCc4ccccc4)c(OC)cc32)cc1OCc1ccccc1.COc1cc(C)c(/C=C/C2c3cc(OC)c(OCc4ccccc4)cc3CCN2C(=O)c2ccncc2)cc1OCc1ccccc1.O=C(O)c1ccncc1. The number of pyridine rings is 2. The van der Waals surface area contributed by atoms with E-state index in [2.05, 4.69) is 95.0 Å². The van der Waals surface area contributed by atoms with Gasteiger partial charge in [0.1, 0.15) is 26.4 Å². The first-order valence-electron chi connectivity index (χ1n) is 31.4. The zero-order chi connectivity index (χ0) is 66.3. The van der Waals surface area contributed by atoms with E-state index in [1.54, 1.807) is 53.0 Å². The molecule has 0 spiro atoms. The molecule has 4 heterocycles. The quantitative estimate of drug-likeness (QED) is 0.0657. The number of carboxylic acids is 1. The Kier molecular flexibility index (Phi) is 23.5. The summed E-state index contributed by atoms with van der Waals surface area (Å²) in [6.45, 7) is 7.39. The van der Waals surface area contributed by atoms with Crippen LogP contribution in [-0.2, 0) is 39.3 Å². The molecule has 8 aromatic carbocycles. The topological polar surface area (TPSA) is 169 Å². The van der Waals surface area contributed by atoms with Crippen LogP contribution in [0.15, 0.2) is 231 Å². The van der Waals surface area contributed by atoms with E-state index in [0.29, 0.717) is 68.0 Å². The number of nitrogens with one attached hydrogen (secondary N) is 1. The third-order valence-electron chi connectivity index (χ3n) is 16.3. The number of aromatic carboxylic acids is 1. The van der Waals surface area contributed by atoms with E-state index in [1.165, 1.54) is 35.7 Å². The van der Waals surface area contributed by atoms with Gasteiger partial charge in [-0.1, -0.05) is 146 Å². The molecule has 2 atom stereocenters. The number of hydrogen-bond acceptors (Lipinski definition) is 13. The summed E-state index contributed by atoms with van der Waals surface area (Å²) in [6, 6.07) is 62.9. The average Bonchev–Trinajstić information content (AvgIpc) is 0.799. The Morgan fingerprint density at radius 3 is 1.25 bits per heavy atom. The van der Waals surface area contributed by atoms with Gasteiger partial charge in [0.25, 0.3) is 5.91 Å². The van der Waals surface area contributed by atoms with Crippen LogP contribution in [0, 0.1) is 13.8 Å². The second-order valence-electron chi connectivity index (χ2n) is 22.6. The number of carboxylic acid groups (broad SMARTS) is 1. The summed E-state index contributed by atoms with van der Waals surface area (Å²) >= 11 is 0. The van der Waals surface area contributed by atoms with E-state index in [0.717, 1.165) is 91.6 Å². The zero-order valence-corrected chi connectivity index (χ0v) is 54.3. The van der Waals surface area contributed by atoms with Crippen LogP contribution in [0.1, 0.15) is 99.6 Å². The van der Waals surface area contributed by atoms with Gasteiger partial charge in [0.2, 0.25) is 0 Å². The third-order valence-corrected chi connectivity index (χ3v) is 16.3. The number of fused-ring (bicyclic) bond motifs is 2. The summed E-state index contributed by atoms with van der Waals surface area (Å²) in [4.78, 5) is 33.8. The van der Waals surface area contributed by atoms with Crippen molar-refractivity contribution in [3.05, 3.63) is 309 Å². The molecular formula is C80H78N4O11. The van der Waals surface area contributed by atoms with Crippen LogP contribution in [0.5, 0.6) is 46.0 Å². The lowest BCUT2D eigenvalue weighted by Gasteiger charge is -2.36. The van der Waals surface area contributed by atoms with Gasteiger partial charge in [-0.2, -0.15) is 0 Å². The number of aromatic nitrogens is 2. The Morgan fingerprint density at radius 1 is 0.463 bits per heavy atom. The first-order valence-corrected chi connectivity index (χ1v) is 31.4. The summed E-state index contributed by atoms with van der Waals surface area (Å²) in [5, 5.41) is 12.0. The van der Waals surface area contributed by atoms with Gasteiger partial charge in [0.15, 0.2) is 46.0 Å². The molecule has 10 aromatic rings. The lowest BCUT2D eigenvalue weighted by Crippen LogP contribution is -2.39. The van der Waals surface area contributed by atoms with Crippen molar-refractivity contribution in [3.8, 4) is 46.0 Å². The number of carbonyl (C=O) groups is 2. The molecule has 484 valence electrons. The van der Waals surface area contributed by atoms with Gasteiger partial charge in [-0.25, -0.2) is 4.79 Å². The first kappa shape index (κ1) is 66.8. The highest BCUT2D eigenvalue weighted by molar-refractivity contribution is 5.95. The van der Waals surface area contributed by atoms with E-state index in [-0.39, 0.29) is 23.6 Å². The van der Waals surface area contributed by atoms with Gasteiger partial charge in [0.05, 0.1) is 46.1 Å². The largest absolute Gasteiger partial charge is 0.493 e. The molecule has 95 heavy (non-hydrogen) atoms. The number of amides is 1. The number of benzene rings is 8. The maximum atomic E-state index is 13.9. The fraction of sp³-hybridized carbons (Fsp3) is 0.200. The Bertz CT molecular complexity index is 4200. The summed E-state index contributed by atoms with van der Waals surface area (Å²) in [7, 11) is 6.65.